The first kappa shape index (κ1) is 9.34. The van der Waals surface area contributed by atoms with Crippen molar-refractivity contribution in [1.82, 2.24) is 0 Å². The average Bonchev–Trinajstić information content (AvgIpc) is 2.10. The van der Waals surface area contributed by atoms with Gasteiger partial charge in [-0.15, -0.1) is 6.58 Å². The van der Waals surface area contributed by atoms with Gasteiger partial charge in [0.2, 0.25) is 0 Å². The van der Waals surface area contributed by atoms with Crippen LogP contribution in [0.25, 0.3) is 0 Å². The van der Waals surface area contributed by atoms with Crippen molar-refractivity contribution < 1.29 is 0 Å². The summed E-state index contributed by atoms with van der Waals surface area (Å²) in [5.41, 5.74) is 1.29. The Bertz CT molecular complexity index is 248. The zero-order valence-corrected chi connectivity index (χ0v) is 8.01. The van der Waals surface area contributed by atoms with Crippen LogP contribution in [-0.4, -0.2) is 0 Å². The van der Waals surface area contributed by atoms with E-state index >= 15 is 0 Å². The largest absolute Gasteiger partial charge is 0.102 e. The number of hydrogen-bond donors (Lipinski definition) is 0. The summed E-state index contributed by atoms with van der Waals surface area (Å²) in [7, 11) is 0. The molecule has 1 aromatic rings. The maximum absolute atomic E-state index is 5.78. The molecule has 0 N–H and O–H groups in total. The molecule has 12 heavy (non-hydrogen) atoms. The van der Waals surface area contributed by atoms with Gasteiger partial charge in [0.05, 0.1) is 0 Å². The van der Waals surface area contributed by atoms with Gasteiger partial charge in [0, 0.05) is 10.9 Å². The number of hydrogen-bond acceptors (Lipinski definition) is 0. The zero-order valence-electron chi connectivity index (χ0n) is 7.26. The van der Waals surface area contributed by atoms with Gasteiger partial charge in [0.15, 0.2) is 0 Å². The molecule has 0 fully saturated rings. The topological polar surface area (TPSA) is 0 Å². The summed E-state index contributed by atoms with van der Waals surface area (Å²) in [6, 6.07) is 7.95. The lowest BCUT2D eigenvalue weighted by atomic mass is 9.97. The highest BCUT2D eigenvalue weighted by atomic mass is 35.5. The fourth-order valence-electron chi connectivity index (χ4n) is 1.25. The Hall–Kier alpha value is -0.750. The van der Waals surface area contributed by atoms with Crippen LogP contribution in [0.2, 0.25) is 5.02 Å². The van der Waals surface area contributed by atoms with Crippen LogP contribution in [0.1, 0.15) is 24.8 Å². The molecule has 0 heterocycles. The summed E-state index contributed by atoms with van der Waals surface area (Å²) in [4.78, 5) is 0. The van der Waals surface area contributed by atoms with Gasteiger partial charge in [-0.2, -0.15) is 0 Å². The molecule has 0 radical (unpaired) electrons. The number of allylic oxidation sites excluding steroid dienone is 1. The molecule has 0 aliphatic carbocycles. The molecule has 0 spiro atoms. The maximum Gasteiger partial charge on any atom is 0.0406 e. The van der Waals surface area contributed by atoms with Crippen molar-refractivity contribution in [2.45, 2.75) is 19.3 Å². The molecule has 0 saturated heterocycles. The highest BCUT2D eigenvalue weighted by Crippen LogP contribution is 2.21. The number of benzene rings is 1. The fraction of sp³-hybridized carbons (Fsp3) is 0.273. The van der Waals surface area contributed by atoms with Crippen LogP contribution in [0.4, 0.5) is 0 Å². The smallest absolute Gasteiger partial charge is 0.0406 e. The Morgan fingerprint density at radius 1 is 1.42 bits per heavy atom. The first-order valence-corrected chi connectivity index (χ1v) is 4.53. The van der Waals surface area contributed by atoms with Crippen molar-refractivity contribution in [3.05, 3.63) is 47.5 Å². The zero-order chi connectivity index (χ0) is 8.97. The van der Waals surface area contributed by atoms with Crippen molar-refractivity contribution in [2.24, 2.45) is 0 Å². The molecule has 0 bridgehead atoms. The lowest BCUT2D eigenvalue weighted by molar-refractivity contribution is 0.807. The number of rotatable bonds is 3. The van der Waals surface area contributed by atoms with E-state index in [9.17, 15) is 0 Å². The van der Waals surface area contributed by atoms with E-state index in [1.165, 1.54) is 5.56 Å². The fourth-order valence-corrected chi connectivity index (χ4v) is 1.37. The van der Waals surface area contributed by atoms with E-state index in [1.807, 2.05) is 18.2 Å². The predicted octanol–water partition coefficient (Wildman–Crippen LogP) is 4.02. The molecule has 1 aromatic carbocycles. The second kappa shape index (κ2) is 4.32. The van der Waals surface area contributed by atoms with E-state index in [0.29, 0.717) is 5.92 Å². The first-order chi connectivity index (χ1) is 5.77. The molecular formula is C11H13Cl. The first-order valence-electron chi connectivity index (χ1n) is 4.16. The van der Waals surface area contributed by atoms with Gasteiger partial charge in [-0.05, 0) is 24.1 Å². The highest BCUT2D eigenvalue weighted by molar-refractivity contribution is 6.30. The van der Waals surface area contributed by atoms with Crippen molar-refractivity contribution in [3.8, 4) is 0 Å². The van der Waals surface area contributed by atoms with E-state index < -0.39 is 0 Å². The summed E-state index contributed by atoms with van der Waals surface area (Å²) in [6.45, 7) is 5.95. The second-order valence-electron chi connectivity index (χ2n) is 2.80. The van der Waals surface area contributed by atoms with Crippen molar-refractivity contribution in [3.63, 3.8) is 0 Å². The van der Waals surface area contributed by atoms with E-state index in [2.05, 4.69) is 25.6 Å². The number of halogens is 1. The molecule has 1 atom stereocenters. The molecule has 0 saturated carbocycles. The van der Waals surface area contributed by atoms with Crippen LogP contribution >= 0.6 is 11.6 Å². The van der Waals surface area contributed by atoms with Crippen molar-refractivity contribution >= 4 is 11.6 Å². The third kappa shape index (κ3) is 2.12. The SMILES string of the molecule is C=C[C@H](CC)c1ccc(Cl)cc1. The van der Waals surface area contributed by atoms with Crippen LogP contribution in [0, 0.1) is 0 Å². The minimum absolute atomic E-state index is 0.460. The Kier molecular flexibility index (Phi) is 3.36. The molecular weight excluding hydrogens is 168 g/mol. The minimum Gasteiger partial charge on any atom is -0.102 e. The molecule has 0 amide bonds. The van der Waals surface area contributed by atoms with Gasteiger partial charge in [0.1, 0.15) is 0 Å². The molecule has 1 rings (SSSR count). The summed E-state index contributed by atoms with van der Waals surface area (Å²) in [5.74, 6) is 0.460. The molecule has 1 heteroatoms. The van der Waals surface area contributed by atoms with Gasteiger partial charge in [-0.1, -0.05) is 36.7 Å². The lowest BCUT2D eigenvalue weighted by Crippen LogP contribution is -1.91. The quantitative estimate of drug-likeness (QED) is 0.617. The molecule has 0 unspecified atom stereocenters. The van der Waals surface area contributed by atoms with Crippen LogP contribution in [-0.2, 0) is 0 Å². The van der Waals surface area contributed by atoms with Gasteiger partial charge >= 0.3 is 0 Å². The van der Waals surface area contributed by atoms with Crippen LogP contribution in [0.3, 0.4) is 0 Å². The molecule has 0 nitrogen and oxygen atoms in total. The van der Waals surface area contributed by atoms with E-state index in [-0.39, 0.29) is 0 Å². The molecule has 0 aromatic heterocycles. The summed E-state index contributed by atoms with van der Waals surface area (Å²) in [5, 5.41) is 0.790. The van der Waals surface area contributed by atoms with Gasteiger partial charge in [0.25, 0.3) is 0 Å². The Morgan fingerprint density at radius 3 is 2.42 bits per heavy atom. The second-order valence-corrected chi connectivity index (χ2v) is 3.24. The average molecular weight is 181 g/mol. The van der Waals surface area contributed by atoms with Crippen LogP contribution < -0.4 is 0 Å². The molecule has 64 valence electrons. The van der Waals surface area contributed by atoms with Crippen molar-refractivity contribution in [1.29, 1.82) is 0 Å². The Balaban J connectivity index is 2.87. The Morgan fingerprint density at radius 2 is 2.00 bits per heavy atom. The van der Waals surface area contributed by atoms with E-state index in [4.69, 9.17) is 11.6 Å². The molecule has 0 aliphatic heterocycles. The van der Waals surface area contributed by atoms with Gasteiger partial charge in [-0.3, -0.25) is 0 Å². The predicted molar refractivity (Wildman–Crippen MR) is 54.7 cm³/mol. The summed E-state index contributed by atoms with van der Waals surface area (Å²) >= 11 is 5.78. The minimum atomic E-state index is 0.460. The van der Waals surface area contributed by atoms with Crippen LogP contribution in [0.5, 0.6) is 0 Å². The normalized spacial score (nSPS) is 12.5. The highest BCUT2D eigenvalue weighted by Gasteiger charge is 2.02. The van der Waals surface area contributed by atoms with E-state index in [0.717, 1.165) is 11.4 Å². The standard InChI is InChI=1S/C11H13Cl/c1-3-9(4-2)10-5-7-11(12)8-6-10/h3,5-9H,1,4H2,2H3/t9-/m1/s1. The lowest BCUT2D eigenvalue weighted by Gasteiger charge is -2.09. The summed E-state index contributed by atoms with van der Waals surface area (Å²) < 4.78 is 0. The third-order valence-electron chi connectivity index (χ3n) is 2.02. The van der Waals surface area contributed by atoms with Crippen LogP contribution in [0.15, 0.2) is 36.9 Å². The monoisotopic (exact) mass is 180 g/mol. The van der Waals surface area contributed by atoms with Gasteiger partial charge < -0.3 is 0 Å². The van der Waals surface area contributed by atoms with Crippen molar-refractivity contribution in [2.75, 3.05) is 0 Å². The maximum atomic E-state index is 5.78. The van der Waals surface area contributed by atoms with E-state index in [1.54, 1.807) is 0 Å². The molecule has 0 aliphatic rings. The Labute approximate surface area is 78.9 Å². The third-order valence-corrected chi connectivity index (χ3v) is 2.27. The summed E-state index contributed by atoms with van der Waals surface area (Å²) in [6.07, 6.45) is 3.06. The van der Waals surface area contributed by atoms with Gasteiger partial charge in [-0.25, -0.2) is 0 Å².